The minimum atomic E-state index is -0.846. The van der Waals surface area contributed by atoms with Crippen molar-refractivity contribution in [3.8, 4) is 0 Å². The van der Waals surface area contributed by atoms with Crippen molar-refractivity contribution in [2.24, 2.45) is 0 Å². The van der Waals surface area contributed by atoms with E-state index in [-0.39, 0.29) is 0 Å². The number of hydrogen-bond acceptors (Lipinski definition) is 2. The Morgan fingerprint density at radius 2 is 2.29 bits per heavy atom. The maximum atomic E-state index is 11.2. The highest BCUT2D eigenvalue weighted by atomic mass is 79.9. The number of hydrogen-bond donors (Lipinski definition) is 1. The van der Waals surface area contributed by atoms with Gasteiger partial charge in [0.1, 0.15) is 0 Å². The molecule has 90 valence electrons. The van der Waals surface area contributed by atoms with Crippen molar-refractivity contribution in [1.29, 1.82) is 0 Å². The molecule has 1 aromatic carbocycles. The van der Waals surface area contributed by atoms with E-state index in [9.17, 15) is 4.79 Å². The lowest BCUT2D eigenvalue weighted by atomic mass is 9.96. The molecule has 0 saturated heterocycles. The lowest BCUT2D eigenvalue weighted by Crippen LogP contribution is -2.31. The SMILES string of the molecule is C=C(Br)CN1CCCc2c(C(=O)O)cccc21. The van der Waals surface area contributed by atoms with Crippen LogP contribution in [0.4, 0.5) is 5.69 Å². The van der Waals surface area contributed by atoms with Crippen LogP contribution in [-0.4, -0.2) is 24.2 Å². The second-order valence-electron chi connectivity index (χ2n) is 4.15. The minimum absolute atomic E-state index is 0.424. The summed E-state index contributed by atoms with van der Waals surface area (Å²) in [7, 11) is 0. The zero-order valence-corrected chi connectivity index (χ0v) is 11.0. The van der Waals surface area contributed by atoms with Crippen molar-refractivity contribution in [2.75, 3.05) is 18.0 Å². The van der Waals surface area contributed by atoms with Crippen LogP contribution in [0.1, 0.15) is 22.3 Å². The molecule has 0 amide bonds. The van der Waals surface area contributed by atoms with Crippen molar-refractivity contribution >= 4 is 27.6 Å². The van der Waals surface area contributed by atoms with E-state index in [2.05, 4.69) is 27.4 Å². The van der Waals surface area contributed by atoms with Crippen molar-refractivity contribution in [2.45, 2.75) is 12.8 Å². The highest BCUT2D eigenvalue weighted by Crippen LogP contribution is 2.30. The molecule has 0 aliphatic carbocycles. The molecule has 0 bridgehead atoms. The third-order valence-electron chi connectivity index (χ3n) is 2.94. The molecule has 1 aromatic rings. The molecule has 3 nitrogen and oxygen atoms in total. The molecule has 1 aliphatic heterocycles. The summed E-state index contributed by atoms with van der Waals surface area (Å²) in [6.07, 6.45) is 1.82. The van der Waals surface area contributed by atoms with E-state index in [0.717, 1.165) is 41.7 Å². The van der Waals surface area contributed by atoms with E-state index in [1.165, 1.54) is 0 Å². The topological polar surface area (TPSA) is 40.5 Å². The summed E-state index contributed by atoms with van der Waals surface area (Å²) in [6, 6.07) is 5.46. The second-order valence-corrected chi connectivity index (χ2v) is 5.27. The minimum Gasteiger partial charge on any atom is -0.478 e. The molecule has 0 aromatic heterocycles. The Morgan fingerprint density at radius 3 is 2.94 bits per heavy atom. The molecule has 4 heteroatoms. The van der Waals surface area contributed by atoms with Gasteiger partial charge in [0.15, 0.2) is 0 Å². The Morgan fingerprint density at radius 1 is 1.53 bits per heavy atom. The van der Waals surface area contributed by atoms with Gasteiger partial charge in [0.05, 0.1) is 5.56 Å². The van der Waals surface area contributed by atoms with Crippen LogP contribution in [0.3, 0.4) is 0 Å². The van der Waals surface area contributed by atoms with E-state index in [0.29, 0.717) is 5.56 Å². The Labute approximate surface area is 109 Å². The number of carboxylic acids is 1. The molecule has 17 heavy (non-hydrogen) atoms. The molecule has 0 fully saturated rings. The van der Waals surface area contributed by atoms with E-state index in [4.69, 9.17) is 5.11 Å². The first kappa shape index (κ1) is 12.2. The third-order valence-corrected chi connectivity index (χ3v) is 3.19. The Hall–Kier alpha value is -1.29. The van der Waals surface area contributed by atoms with Gasteiger partial charge in [-0.25, -0.2) is 4.79 Å². The van der Waals surface area contributed by atoms with Crippen LogP contribution in [0.15, 0.2) is 29.3 Å². The first-order chi connectivity index (χ1) is 8.09. The normalized spacial score (nSPS) is 14.3. The fraction of sp³-hybridized carbons (Fsp3) is 0.308. The number of halogens is 1. The quantitative estimate of drug-likeness (QED) is 0.932. The molecule has 1 heterocycles. The van der Waals surface area contributed by atoms with Gasteiger partial charge >= 0.3 is 5.97 Å². The fourth-order valence-corrected chi connectivity index (χ4v) is 2.58. The predicted octanol–water partition coefficient (Wildman–Crippen LogP) is 3.05. The zero-order valence-electron chi connectivity index (χ0n) is 9.45. The predicted molar refractivity (Wildman–Crippen MR) is 72.0 cm³/mol. The molecular formula is C13H14BrNO2. The second kappa shape index (κ2) is 4.92. The molecule has 0 saturated carbocycles. The summed E-state index contributed by atoms with van der Waals surface area (Å²) in [4.78, 5) is 13.3. The number of fused-ring (bicyclic) bond motifs is 1. The summed E-state index contributed by atoms with van der Waals surface area (Å²) in [5.74, 6) is -0.846. The first-order valence-electron chi connectivity index (χ1n) is 5.53. The molecule has 0 radical (unpaired) electrons. The maximum absolute atomic E-state index is 11.2. The number of rotatable bonds is 3. The lowest BCUT2D eigenvalue weighted by molar-refractivity contribution is 0.0695. The molecule has 0 atom stereocenters. The van der Waals surface area contributed by atoms with Gasteiger partial charge in [-0.1, -0.05) is 28.6 Å². The van der Waals surface area contributed by atoms with Gasteiger partial charge in [0.25, 0.3) is 0 Å². The van der Waals surface area contributed by atoms with Crippen molar-refractivity contribution in [3.63, 3.8) is 0 Å². The highest BCUT2D eigenvalue weighted by molar-refractivity contribution is 9.11. The number of nitrogens with zero attached hydrogens (tertiary/aromatic N) is 1. The first-order valence-corrected chi connectivity index (χ1v) is 6.32. The van der Waals surface area contributed by atoms with Gasteiger partial charge in [-0.15, -0.1) is 0 Å². The Bertz CT molecular complexity index is 470. The summed E-state index contributed by atoms with van der Waals surface area (Å²) < 4.78 is 0.908. The van der Waals surface area contributed by atoms with Crippen LogP contribution in [-0.2, 0) is 6.42 Å². The Kier molecular flexibility index (Phi) is 3.52. The van der Waals surface area contributed by atoms with Crippen molar-refractivity contribution in [1.82, 2.24) is 0 Å². The molecule has 0 spiro atoms. The van der Waals surface area contributed by atoms with Crippen LogP contribution in [0.2, 0.25) is 0 Å². The summed E-state index contributed by atoms with van der Waals surface area (Å²) in [5.41, 5.74) is 2.39. The van der Waals surface area contributed by atoms with Crippen LogP contribution >= 0.6 is 15.9 Å². The Balaban J connectivity index is 2.42. The van der Waals surface area contributed by atoms with Crippen LogP contribution < -0.4 is 4.90 Å². The smallest absolute Gasteiger partial charge is 0.336 e. The van der Waals surface area contributed by atoms with Crippen molar-refractivity contribution in [3.05, 3.63) is 40.4 Å². The largest absolute Gasteiger partial charge is 0.478 e. The summed E-state index contributed by atoms with van der Waals surface area (Å²) >= 11 is 3.36. The number of anilines is 1. The number of carbonyl (C=O) groups is 1. The standard InChI is InChI=1S/C13H14BrNO2/c1-9(14)8-15-7-3-5-10-11(13(16)17)4-2-6-12(10)15/h2,4,6H,1,3,5,7-8H2,(H,16,17). The van der Waals surface area contributed by atoms with Gasteiger partial charge in [-0.3, -0.25) is 0 Å². The van der Waals surface area contributed by atoms with E-state index in [1.807, 2.05) is 6.07 Å². The van der Waals surface area contributed by atoms with E-state index < -0.39 is 5.97 Å². The van der Waals surface area contributed by atoms with Crippen LogP contribution in [0.25, 0.3) is 0 Å². The molecule has 1 N–H and O–H groups in total. The number of benzene rings is 1. The molecule has 1 aliphatic rings. The zero-order chi connectivity index (χ0) is 12.4. The van der Waals surface area contributed by atoms with Gasteiger partial charge in [-0.05, 0) is 30.5 Å². The fourth-order valence-electron chi connectivity index (χ4n) is 2.27. The van der Waals surface area contributed by atoms with Gasteiger partial charge in [0.2, 0.25) is 0 Å². The highest BCUT2D eigenvalue weighted by Gasteiger charge is 2.21. The number of carboxylic acid groups (broad SMARTS) is 1. The summed E-state index contributed by atoms with van der Waals surface area (Å²) in [5, 5.41) is 9.16. The number of aromatic carboxylic acids is 1. The van der Waals surface area contributed by atoms with Gasteiger partial charge in [0, 0.05) is 23.3 Å². The van der Waals surface area contributed by atoms with Crippen LogP contribution in [0.5, 0.6) is 0 Å². The van der Waals surface area contributed by atoms with Crippen molar-refractivity contribution < 1.29 is 9.90 Å². The average Bonchev–Trinajstić information content (AvgIpc) is 2.28. The molecular weight excluding hydrogens is 282 g/mol. The molecule has 0 unspecified atom stereocenters. The van der Waals surface area contributed by atoms with E-state index >= 15 is 0 Å². The van der Waals surface area contributed by atoms with Crippen LogP contribution in [0, 0.1) is 0 Å². The van der Waals surface area contributed by atoms with E-state index in [1.54, 1.807) is 12.1 Å². The van der Waals surface area contributed by atoms with Gasteiger partial charge in [-0.2, -0.15) is 0 Å². The average molecular weight is 296 g/mol. The maximum Gasteiger partial charge on any atom is 0.336 e. The molecule has 2 rings (SSSR count). The third kappa shape index (κ3) is 2.52. The summed E-state index contributed by atoms with van der Waals surface area (Å²) in [6.45, 7) is 5.50. The lowest BCUT2D eigenvalue weighted by Gasteiger charge is -2.31. The monoisotopic (exact) mass is 295 g/mol. The van der Waals surface area contributed by atoms with Gasteiger partial charge < -0.3 is 10.0 Å².